The van der Waals surface area contributed by atoms with Crippen molar-refractivity contribution >= 4 is 19.8 Å². The predicted octanol–water partition coefficient (Wildman–Crippen LogP) is 11.2. The average molecular weight is 687 g/mol. The maximum atomic E-state index is 12.3. The molecule has 0 aliphatic heterocycles. The van der Waals surface area contributed by atoms with Gasteiger partial charge in [0.1, 0.15) is 6.61 Å². The SMILES string of the molecule is CCCCCCC/C=C/CCCCCCCC(=O)O[C@H](COC(=O)CC/C=C/CCCCCCCCCCCCC)COP(=O)(O)O. The fourth-order valence-corrected chi connectivity index (χ4v) is 5.69. The number of hydrogen-bond acceptors (Lipinski definition) is 6. The fourth-order valence-electron chi connectivity index (χ4n) is 5.33. The Balaban J connectivity index is 4.00. The second-order valence-electron chi connectivity index (χ2n) is 12.9. The normalized spacial score (nSPS) is 12.7. The molecule has 0 amide bonds. The lowest BCUT2D eigenvalue weighted by atomic mass is 10.1. The van der Waals surface area contributed by atoms with Crippen molar-refractivity contribution in [2.24, 2.45) is 0 Å². The van der Waals surface area contributed by atoms with Gasteiger partial charge >= 0.3 is 19.8 Å². The Kier molecular flexibility index (Phi) is 33.3. The average Bonchev–Trinajstić information content (AvgIpc) is 3.03. The summed E-state index contributed by atoms with van der Waals surface area (Å²) in [5, 5.41) is 0. The third kappa shape index (κ3) is 37.2. The molecule has 0 radical (unpaired) electrons. The standard InChI is InChI=1S/C38H71O8P/c1-3-5-7-9-11-13-15-17-19-21-22-24-26-28-30-32-37(39)44-34-36(35-45-47(41,42)43)46-38(40)33-31-29-27-25-23-20-18-16-14-12-10-8-6-4-2/h16,18,26,28,36H,3-15,17,19-25,27,29-35H2,1-2H3,(H2,41,42,43)/b18-16+,28-26+/t36-/m1/s1. The van der Waals surface area contributed by atoms with Crippen LogP contribution in [-0.2, 0) is 28.2 Å². The topological polar surface area (TPSA) is 119 Å². The lowest BCUT2D eigenvalue weighted by Crippen LogP contribution is -2.29. The Labute approximate surface area is 288 Å². The molecule has 0 rings (SSSR count). The van der Waals surface area contributed by atoms with E-state index in [1.807, 2.05) is 6.08 Å². The molecule has 0 spiro atoms. The molecule has 276 valence electrons. The second kappa shape index (κ2) is 34.4. The van der Waals surface area contributed by atoms with Gasteiger partial charge in [0.25, 0.3) is 0 Å². The maximum Gasteiger partial charge on any atom is 0.469 e. The lowest BCUT2D eigenvalue weighted by molar-refractivity contribution is -0.161. The number of ether oxygens (including phenoxy) is 2. The van der Waals surface area contributed by atoms with Gasteiger partial charge in [-0.1, -0.05) is 147 Å². The molecule has 0 heterocycles. The van der Waals surface area contributed by atoms with Gasteiger partial charge in [-0.25, -0.2) is 4.57 Å². The van der Waals surface area contributed by atoms with Crippen LogP contribution >= 0.6 is 7.82 Å². The van der Waals surface area contributed by atoms with E-state index in [-0.39, 0.29) is 19.4 Å². The zero-order chi connectivity index (χ0) is 34.7. The molecule has 0 aromatic heterocycles. The summed E-state index contributed by atoms with van der Waals surface area (Å²) in [6.45, 7) is 3.63. The highest BCUT2D eigenvalue weighted by Gasteiger charge is 2.22. The molecule has 0 aromatic rings. The number of allylic oxidation sites excluding steroid dienone is 4. The molecule has 0 fully saturated rings. The number of phosphoric ester groups is 1. The number of hydrogen-bond donors (Lipinski definition) is 2. The summed E-state index contributed by atoms with van der Waals surface area (Å²) < 4.78 is 26.2. The second-order valence-corrected chi connectivity index (χ2v) is 14.1. The van der Waals surface area contributed by atoms with E-state index in [0.29, 0.717) is 12.8 Å². The van der Waals surface area contributed by atoms with Gasteiger partial charge in [0.2, 0.25) is 0 Å². The molecule has 0 aliphatic carbocycles. The highest BCUT2D eigenvalue weighted by Crippen LogP contribution is 2.36. The molecule has 0 unspecified atom stereocenters. The lowest BCUT2D eigenvalue weighted by Gasteiger charge is -2.18. The van der Waals surface area contributed by atoms with Crippen molar-refractivity contribution in [3.63, 3.8) is 0 Å². The van der Waals surface area contributed by atoms with Gasteiger partial charge in [-0.05, 0) is 51.4 Å². The Morgan fingerprint density at radius 3 is 1.38 bits per heavy atom. The van der Waals surface area contributed by atoms with E-state index in [0.717, 1.165) is 44.9 Å². The molecule has 0 aromatic carbocycles. The van der Waals surface area contributed by atoms with Crippen molar-refractivity contribution in [3.8, 4) is 0 Å². The third-order valence-corrected chi connectivity index (χ3v) is 8.69. The van der Waals surface area contributed by atoms with Crippen LogP contribution in [0.3, 0.4) is 0 Å². The predicted molar refractivity (Wildman–Crippen MR) is 193 cm³/mol. The van der Waals surface area contributed by atoms with Gasteiger partial charge < -0.3 is 19.3 Å². The molecule has 1 atom stereocenters. The summed E-state index contributed by atoms with van der Waals surface area (Å²) in [6.07, 6.45) is 37.7. The molecule has 47 heavy (non-hydrogen) atoms. The third-order valence-electron chi connectivity index (χ3n) is 8.21. The first-order valence-electron chi connectivity index (χ1n) is 19.1. The highest BCUT2D eigenvalue weighted by molar-refractivity contribution is 7.46. The summed E-state index contributed by atoms with van der Waals surface area (Å²) in [4.78, 5) is 42.6. The van der Waals surface area contributed by atoms with Crippen LogP contribution in [0, 0.1) is 0 Å². The van der Waals surface area contributed by atoms with E-state index in [4.69, 9.17) is 19.3 Å². The molecule has 9 heteroatoms. The smallest absolute Gasteiger partial charge is 0.462 e. The molecule has 2 N–H and O–H groups in total. The summed E-state index contributed by atoms with van der Waals surface area (Å²) in [6, 6.07) is 0. The van der Waals surface area contributed by atoms with Crippen LogP contribution in [0.15, 0.2) is 24.3 Å². The number of phosphoric acid groups is 1. The van der Waals surface area contributed by atoms with Gasteiger partial charge in [-0.3, -0.25) is 14.1 Å². The summed E-state index contributed by atoms with van der Waals surface area (Å²) in [5.74, 6) is -0.948. The summed E-state index contributed by atoms with van der Waals surface area (Å²) in [5.41, 5.74) is 0. The van der Waals surface area contributed by atoms with Crippen molar-refractivity contribution in [1.82, 2.24) is 0 Å². The van der Waals surface area contributed by atoms with Gasteiger partial charge in [-0.2, -0.15) is 0 Å². The largest absolute Gasteiger partial charge is 0.469 e. The summed E-state index contributed by atoms with van der Waals surface area (Å²) in [7, 11) is -4.75. The highest BCUT2D eigenvalue weighted by atomic mass is 31.2. The zero-order valence-corrected chi connectivity index (χ0v) is 31.1. The Hall–Kier alpha value is -1.47. The number of carbonyl (C=O) groups excluding carboxylic acids is 2. The van der Waals surface area contributed by atoms with Crippen molar-refractivity contribution in [2.75, 3.05) is 13.2 Å². The van der Waals surface area contributed by atoms with Crippen LogP contribution in [0.1, 0.15) is 187 Å². The summed E-state index contributed by atoms with van der Waals surface area (Å²) >= 11 is 0. The molecular weight excluding hydrogens is 615 g/mol. The first-order chi connectivity index (χ1) is 22.8. The molecule has 0 saturated heterocycles. The van der Waals surface area contributed by atoms with Crippen LogP contribution in [0.5, 0.6) is 0 Å². The number of unbranched alkanes of at least 4 members (excludes halogenated alkanes) is 21. The van der Waals surface area contributed by atoms with Crippen LogP contribution in [-0.4, -0.2) is 41.0 Å². The maximum absolute atomic E-state index is 12.3. The van der Waals surface area contributed by atoms with E-state index in [9.17, 15) is 14.2 Å². The minimum Gasteiger partial charge on any atom is -0.462 e. The number of rotatable bonds is 35. The fraction of sp³-hybridized carbons (Fsp3) is 0.842. The van der Waals surface area contributed by atoms with E-state index in [2.05, 4.69) is 36.6 Å². The molecule has 0 bridgehead atoms. The van der Waals surface area contributed by atoms with Crippen LogP contribution in [0.2, 0.25) is 0 Å². The molecule has 0 aliphatic rings. The van der Waals surface area contributed by atoms with E-state index < -0.39 is 32.5 Å². The van der Waals surface area contributed by atoms with Crippen LogP contribution < -0.4 is 0 Å². The quantitative estimate of drug-likeness (QED) is 0.0292. The van der Waals surface area contributed by atoms with Crippen LogP contribution in [0.25, 0.3) is 0 Å². The molecule has 0 saturated carbocycles. The Bertz CT molecular complexity index is 823. The van der Waals surface area contributed by atoms with Crippen molar-refractivity contribution in [3.05, 3.63) is 24.3 Å². The van der Waals surface area contributed by atoms with Crippen molar-refractivity contribution < 1.29 is 37.9 Å². The zero-order valence-electron chi connectivity index (χ0n) is 30.2. The van der Waals surface area contributed by atoms with Gasteiger partial charge in [0.05, 0.1) is 6.61 Å². The van der Waals surface area contributed by atoms with E-state index in [1.54, 1.807) is 0 Å². The number of esters is 2. The van der Waals surface area contributed by atoms with Gasteiger partial charge in [0, 0.05) is 12.8 Å². The Morgan fingerprint density at radius 1 is 0.532 bits per heavy atom. The first kappa shape index (κ1) is 45.5. The van der Waals surface area contributed by atoms with Crippen molar-refractivity contribution in [1.29, 1.82) is 0 Å². The Morgan fingerprint density at radius 2 is 0.936 bits per heavy atom. The molecule has 8 nitrogen and oxygen atoms in total. The van der Waals surface area contributed by atoms with Crippen LogP contribution in [0.4, 0.5) is 0 Å². The minimum atomic E-state index is -4.75. The van der Waals surface area contributed by atoms with E-state index >= 15 is 0 Å². The number of carbonyl (C=O) groups is 2. The first-order valence-corrected chi connectivity index (χ1v) is 20.7. The van der Waals surface area contributed by atoms with E-state index in [1.165, 1.54) is 103 Å². The van der Waals surface area contributed by atoms with Crippen molar-refractivity contribution in [2.45, 2.75) is 193 Å². The monoisotopic (exact) mass is 686 g/mol. The molecular formula is C38H71O8P. The minimum absolute atomic E-state index is 0.184. The van der Waals surface area contributed by atoms with Gasteiger partial charge in [0.15, 0.2) is 6.10 Å². The van der Waals surface area contributed by atoms with Gasteiger partial charge in [-0.15, -0.1) is 0 Å².